The molecule has 6 nitrogen and oxygen atoms in total. The van der Waals surface area contributed by atoms with Crippen molar-refractivity contribution in [3.8, 4) is 0 Å². The zero-order valence-electron chi connectivity index (χ0n) is 13.3. The summed E-state index contributed by atoms with van der Waals surface area (Å²) in [7, 11) is 3.39. The lowest BCUT2D eigenvalue weighted by atomic mass is 10.2. The largest absolute Gasteiger partial charge is 0.352 e. The van der Waals surface area contributed by atoms with Crippen LogP contribution < -0.4 is 10.6 Å². The SMILES string of the molecule is CN(C)C(=O)CSc1ccccc1C(=O)NCC(=O)NC1CC1. The average molecular weight is 335 g/mol. The van der Waals surface area contributed by atoms with Gasteiger partial charge in [-0.25, -0.2) is 0 Å². The van der Waals surface area contributed by atoms with E-state index in [2.05, 4.69) is 10.6 Å². The van der Waals surface area contributed by atoms with Gasteiger partial charge >= 0.3 is 0 Å². The maximum atomic E-state index is 12.3. The molecule has 0 aliphatic heterocycles. The Morgan fingerprint density at radius 3 is 2.57 bits per heavy atom. The summed E-state index contributed by atoms with van der Waals surface area (Å²) in [6.07, 6.45) is 2.03. The van der Waals surface area contributed by atoms with Gasteiger partial charge in [0.15, 0.2) is 0 Å². The highest BCUT2D eigenvalue weighted by molar-refractivity contribution is 8.00. The Labute approximate surface area is 140 Å². The molecule has 3 amide bonds. The van der Waals surface area contributed by atoms with Crippen molar-refractivity contribution < 1.29 is 14.4 Å². The van der Waals surface area contributed by atoms with Gasteiger partial charge < -0.3 is 15.5 Å². The zero-order valence-corrected chi connectivity index (χ0v) is 14.1. The molecule has 1 aliphatic rings. The van der Waals surface area contributed by atoms with Crippen molar-refractivity contribution in [2.45, 2.75) is 23.8 Å². The maximum Gasteiger partial charge on any atom is 0.252 e. The summed E-state index contributed by atoms with van der Waals surface area (Å²) in [4.78, 5) is 37.8. The van der Waals surface area contributed by atoms with Crippen LogP contribution in [0.4, 0.5) is 0 Å². The topological polar surface area (TPSA) is 78.5 Å². The molecule has 7 heteroatoms. The number of rotatable bonds is 7. The standard InChI is InChI=1S/C16H21N3O3S/c1-19(2)15(21)10-23-13-6-4-3-5-12(13)16(22)17-9-14(20)18-11-7-8-11/h3-6,11H,7-10H2,1-2H3,(H,17,22)(H,18,20). The molecule has 0 bridgehead atoms. The van der Waals surface area contributed by atoms with Gasteiger partial charge in [-0.15, -0.1) is 11.8 Å². The number of carbonyl (C=O) groups is 3. The summed E-state index contributed by atoms with van der Waals surface area (Å²) in [5.74, 6) is -0.237. The summed E-state index contributed by atoms with van der Waals surface area (Å²) in [5.41, 5.74) is 0.475. The highest BCUT2D eigenvalue weighted by Crippen LogP contribution is 2.23. The summed E-state index contributed by atoms with van der Waals surface area (Å²) >= 11 is 1.31. The summed E-state index contributed by atoms with van der Waals surface area (Å²) in [6, 6.07) is 7.35. The van der Waals surface area contributed by atoms with Gasteiger partial charge in [-0.1, -0.05) is 12.1 Å². The van der Waals surface area contributed by atoms with Crippen LogP contribution in [0.25, 0.3) is 0 Å². The molecule has 1 aromatic rings. The maximum absolute atomic E-state index is 12.3. The second-order valence-electron chi connectivity index (χ2n) is 5.60. The van der Waals surface area contributed by atoms with E-state index in [1.807, 2.05) is 6.07 Å². The molecule has 2 N–H and O–H groups in total. The number of nitrogens with one attached hydrogen (secondary N) is 2. The van der Waals surface area contributed by atoms with Crippen LogP contribution in [0.15, 0.2) is 29.2 Å². The number of carbonyl (C=O) groups excluding carboxylic acids is 3. The van der Waals surface area contributed by atoms with Crippen LogP contribution in [0.1, 0.15) is 23.2 Å². The van der Waals surface area contributed by atoms with Crippen molar-refractivity contribution in [3.63, 3.8) is 0 Å². The number of amides is 3. The Morgan fingerprint density at radius 2 is 1.91 bits per heavy atom. The predicted molar refractivity (Wildman–Crippen MR) is 89.4 cm³/mol. The lowest BCUT2D eigenvalue weighted by molar-refractivity contribution is -0.126. The van der Waals surface area contributed by atoms with E-state index in [1.54, 1.807) is 32.3 Å². The van der Waals surface area contributed by atoms with Crippen LogP contribution in [0.3, 0.4) is 0 Å². The molecule has 0 saturated heterocycles. The molecule has 0 aromatic heterocycles. The predicted octanol–water partition coefficient (Wildman–Crippen LogP) is 0.875. The first-order valence-corrected chi connectivity index (χ1v) is 8.45. The first kappa shape index (κ1) is 17.3. The molecule has 1 saturated carbocycles. The third-order valence-corrected chi connectivity index (χ3v) is 4.39. The molecule has 0 radical (unpaired) electrons. The van der Waals surface area contributed by atoms with Crippen LogP contribution in [0, 0.1) is 0 Å². The Balaban J connectivity index is 1.90. The molecule has 0 spiro atoms. The van der Waals surface area contributed by atoms with Crippen molar-refractivity contribution in [2.24, 2.45) is 0 Å². The molecule has 0 atom stereocenters. The smallest absolute Gasteiger partial charge is 0.252 e. The van der Waals surface area contributed by atoms with E-state index in [0.717, 1.165) is 17.7 Å². The second-order valence-corrected chi connectivity index (χ2v) is 6.61. The Morgan fingerprint density at radius 1 is 1.22 bits per heavy atom. The van der Waals surface area contributed by atoms with Crippen molar-refractivity contribution in [1.29, 1.82) is 0 Å². The van der Waals surface area contributed by atoms with E-state index in [0.29, 0.717) is 5.56 Å². The van der Waals surface area contributed by atoms with Gasteiger partial charge in [0.25, 0.3) is 5.91 Å². The first-order chi connectivity index (χ1) is 11.0. The normalized spacial score (nSPS) is 13.3. The Bertz CT molecular complexity index is 600. The second kappa shape index (κ2) is 8.01. The summed E-state index contributed by atoms with van der Waals surface area (Å²) < 4.78 is 0. The lowest BCUT2D eigenvalue weighted by Crippen LogP contribution is -2.38. The molecular weight excluding hydrogens is 314 g/mol. The molecule has 124 valence electrons. The highest BCUT2D eigenvalue weighted by atomic mass is 32.2. The molecule has 1 aromatic carbocycles. The summed E-state index contributed by atoms with van der Waals surface area (Å²) in [5, 5.41) is 5.44. The van der Waals surface area contributed by atoms with E-state index >= 15 is 0 Å². The van der Waals surface area contributed by atoms with Gasteiger partial charge in [-0.05, 0) is 25.0 Å². The highest BCUT2D eigenvalue weighted by Gasteiger charge is 2.23. The van der Waals surface area contributed by atoms with E-state index in [-0.39, 0.29) is 36.1 Å². The zero-order chi connectivity index (χ0) is 16.8. The van der Waals surface area contributed by atoms with Gasteiger partial charge in [0.1, 0.15) is 0 Å². The quantitative estimate of drug-likeness (QED) is 0.725. The fraction of sp³-hybridized carbons (Fsp3) is 0.438. The summed E-state index contributed by atoms with van der Waals surface area (Å²) in [6.45, 7) is -0.0367. The molecular formula is C16H21N3O3S. The number of nitrogens with zero attached hydrogens (tertiary/aromatic N) is 1. The van der Waals surface area contributed by atoms with Gasteiger partial charge in [0.05, 0.1) is 17.9 Å². The Kier molecular flexibility index (Phi) is 6.04. The van der Waals surface area contributed by atoms with Crippen LogP contribution in [-0.4, -0.2) is 55.1 Å². The van der Waals surface area contributed by atoms with Crippen LogP contribution in [0.5, 0.6) is 0 Å². The number of hydrogen-bond acceptors (Lipinski definition) is 4. The molecule has 1 aliphatic carbocycles. The van der Waals surface area contributed by atoms with Gasteiger partial charge in [-0.2, -0.15) is 0 Å². The number of benzene rings is 1. The van der Waals surface area contributed by atoms with Crippen molar-refractivity contribution in [1.82, 2.24) is 15.5 Å². The lowest BCUT2D eigenvalue weighted by Gasteiger charge is -2.12. The minimum Gasteiger partial charge on any atom is -0.352 e. The van der Waals surface area contributed by atoms with Crippen molar-refractivity contribution in [3.05, 3.63) is 29.8 Å². The average Bonchev–Trinajstić information content (AvgIpc) is 3.34. The third-order valence-electron chi connectivity index (χ3n) is 3.33. The van der Waals surface area contributed by atoms with E-state index in [9.17, 15) is 14.4 Å². The van der Waals surface area contributed by atoms with E-state index in [1.165, 1.54) is 16.7 Å². The van der Waals surface area contributed by atoms with Crippen molar-refractivity contribution >= 4 is 29.5 Å². The van der Waals surface area contributed by atoms with Crippen LogP contribution in [-0.2, 0) is 9.59 Å². The molecule has 23 heavy (non-hydrogen) atoms. The van der Waals surface area contributed by atoms with E-state index in [4.69, 9.17) is 0 Å². The Hall–Kier alpha value is -2.02. The minimum atomic E-state index is -0.309. The van der Waals surface area contributed by atoms with Gasteiger partial charge in [0, 0.05) is 25.0 Å². The fourth-order valence-corrected chi connectivity index (χ4v) is 2.84. The molecule has 0 heterocycles. The number of hydrogen-bond donors (Lipinski definition) is 2. The van der Waals surface area contributed by atoms with Crippen molar-refractivity contribution in [2.75, 3.05) is 26.4 Å². The molecule has 0 unspecified atom stereocenters. The minimum absolute atomic E-state index is 0.0194. The first-order valence-electron chi connectivity index (χ1n) is 7.47. The van der Waals surface area contributed by atoms with Gasteiger partial charge in [0.2, 0.25) is 11.8 Å². The monoisotopic (exact) mass is 335 g/mol. The van der Waals surface area contributed by atoms with E-state index < -0.39 is 0 Å². The third kappa shape index (κ3) is 5.59. The van der Waals surface area contributed by atoms with Gasteiger partial charge in [-0.3, -0.25) is 14.4 Å². The fourth-order valence-electron chi connectivity index (χ4n) is 1.81. The number of thioether (sulfide) groups is 1. The van der Waals surface area contributed by atoms with Crippen LogP contribution in [0.2, 0.25) is 0 Å². The molecule has 2 rings (SSSR count). The molecule has 1 fully saturated rings. The van der Waals surface area contributed by atoms with Crippen LogP contribution >= 0.6 is 11.8 Å².